The lowest BCUT2D eigenvalue weighted by atomic mass is 10.0. The molecule has 7 nitrogen and oxygen atoms in total. The lowest BCUT2D eigenvalue weighted by molar-refractivity contribution is 0.0697. The van der Waals surface area contributed by atoms with E-state index >= 15 is 0 Å². The Hall–Kier alpha value is -3.89. The summed E-state index contributed by atoms with van der Waals surface area (Å²) in [7, 11) is 1.85. The van der Waals surface area contributed by atoms with Gasteiger partial charge in [-0.2, -0.15) is 15.5 Å². The Balaban J connectivity index is 1.79. The minimum atomic E-state index is -1.01. The second-order valence-electron chi connectivity index (χ2n) is 6.74. The number of allylic oxidation sites excluding steroid dienone is 1. The molecule has 0 amide bonds. The van der Waals surface area contributed by atoms with Crippen LogP contribution in [0.4, 0.5) is 0 Å². The van der Waals surface area contributed by atoms with Gasteiger partial charge in [0.05, 0.1) is 40.7 Å². The lowest BCUT2D eigenvalue weighted by Gasteiger charge is -2.01. The molecule has 4 aromatic rings. The lowest BCUT2D eigenvalue weighted by Crippen LogP contribution is -2.03. The minimum absolute atomic E-state index is 0.163. The SMILES string of the molecule is Cn1ccc(Cn2nc(C=C(C#N)c3ccc(C(=O)O)cc3)c3ccc(Cl)cc32)n1. The highest BCUT2D eigenvalue weighted by atomic mass is 35.5. The van der Waals surface area contributed by atoms with Crippen molar-refractivity contribution in [1.82, 2.24) is 19.6 Å². The van der Waals surface area contributed by atoms with Gasteiger partial charge in [0.15, 0.2) is 0 Å². The van der Waals surface area contributed by atoms with E-state index in [0.29, 0.717) is 28.4 Å². The van der Waals surface area contributed by atoms with E-state index in [-0.39, 0.29) is 5.56 Å². The van der Waals surface area contributed by atoms with Crippen molar-refractivity contribution in [1.29, 1.82) is 5.26 Å². The van der Waals surface area contributed by atoms with Crippen molar-refractivity contribution in [3.05, 3.63) is 82.3 Å². The molecular weight excluding hydrogens is 402 g/mol. The molecule has 0 aliphatic carbocycles. The van der Waals surface area contributed by atoms with E-state index in [2.05, 4.69) is 16.3 Å². The molecule has 0 atom stereocenters. The van der Waals surface area contributed by atoms with Crippen LogP contribution in [0.2, 0.25) is 5.02 Å². The highest BCUT2D eigenvalue weighted by Gasteiger charge is 2.13. The molecule has 0 radical (unpaired) electrons. The number of hydrogen-bond donors (Lipinski definition) is 1. The summed E-state index contributed by atoms with van der Waals surface area (Å²) in [6.07, 6.45) is 3.56. The Labute approximate surface area is 177 Å². The van der Waals surface area contributed by atoms with Crippen molar-refractivity contribution in [2.75, 3.05) is 0 Å². The van der Waals surface area contributed by atoms with Crippen LogP contribution in [0.3, 0.4) is 0 Å². The first-order chi connectivity index (χ1) is 14.4. The van der Waals surface area contributed by atoms with Crippen LogP contribution in [0.5, 0.6) is 0 Å². The summed E-state index contributed by atoms with van der Waals surface area (Å²) in [5, 5.41) is 29.3. The number of fused-ring (bicyclic) bond motifs is 1. The molecule has 0 saturated heterocycles. The predicted molar refractivity (Wildman–Crippen MR) is 114 cm³/mol. The largest absolute Gasteiger partial charge is 0.478 e. The van der Waals surface area contributed by atoms with Crippen LogP contribution in [-0.2, 0) is 13.6 Å². The highest BCUT2D eigenvalue weighted by molar-refractivity contribution is 6.31. The molecule has 0 bridgehead atoms. The summed E-state index contributed by atoms with van der Waals surface area (Å²) < 4.78 is 3.53. The van der Waals surface area contributed by atoms with Crippen molar-refractivity contribution < 1.29 is 9.90 Å². The Bertz CT molecular complexity index is 1330. The number of aromatic carboxylic acids is 1. The van der Waals surface area contributed by atoms with Gasteiger partial charge in [-0.05, 0) is 48.0 Å². The van der Waals surface area contributed by atoms with Crippen LogP contribution in [-0.4, -0.2) is 30.6 Å². The van der Waals surface area contributed by atoms with Gasteiger partial charge in [-0.3, -0.25) is 9.36 Å². The highest BCUT2D eigenvalue weighted by Crippen LogP contribution is 2.27. The van der Waals surface area contributed by atoms with E-state index in [1.165, 1.54) is 12.1 Å². The zero-order valence-electron chi connectivity index (χ0n) is 16.0. The number of rotatable bonds is 5. The van der Waals surface area contributed by atoms with E-state index in [1.54, 1.807) is 33.6 Å². The smallest absolute Gasteiger partial charge is 0.335 e. The number of hydrogen-bond acceptors (Lipinski definition) is 4. The number of aromatic nitrogens is 4. The number of carboxylic acid groups (broad SMARTS) is 1. The van der Waals surface area contributed by atoms with Crippen molar-refractivity contribution in [2.45, 2.75) is 6.54 Å². The maximum Gasteiger partial charge on any atom is 0.335 e. The quantitative estimate of drug-likeness (QED) is 0.490. The first-order valence-corrected chi connectivity index (χ1v) is 9.42. The molecule has 2 aromatic carbocycles. The number of nitrogens with zero attached hydrogens (tertiary/aromatic N) is 5. The number of carbonyl (C=O) groups is 1. The zero-order chi connectivity index (χ0) is 21.3. The molecule has 0 unspecified atom stereocenters. The van der Waals surface area contributed by atoms with E-state index in [0.717, 1.165) is 16.6 Å². The summed E-state index contributed by atoms with van der Waals surface area (Å²) in [4.78, 5) is 11.1. The van der Waals surface area contributed by atoms with Gasteiger partial charge in [0.1, 0.15) is 0 Å². The van der Waals surface area contributed by atoms with Gasteiger partial charge in [0.2, 0.25) is 0 Å². The summed E-state index contributed by atoms with van der Waals surface area (Å²) in [5.74, 6) is -1.01. The van der Waals surface area contributed by atoms with Gasteiger partial charge in [-0.15, -0.1) is 0 Å². The molecule has 0 fully saturated rings. The second-order valence-corrected chi connectivity index (χ2v) is 7.17. The summed E-state index contributed by atoms with van der Waals surface area (Å²) >= 11 is 6.20. The Morgan fingerprint density at radius 1 is 1.17 bits per heavy atom. The Kier molecular flexibility index (Phi) is 5.09. The molecule has 4 rings (SSSR count). The van der Waals surface area contributed by atoms with Crippen LogP contribution in [0, 0.1) is 11.3 Å². The van der Waals surface area contributed by atoms with Gasteiger partial charge in [-0.25, -0.2) is 4.79 Å². The van der Waals surface area contributed by atoms with Gasteiger partial charge < -0.3 is 5.11 Å². The average molecular weight is 418 g/mol. The van der Waals surface area contributed by atoms with Gasteiger partial charge >= 0.3 is 5.97 Å². The Morgan fingerprint density at radius 2 is 1.90 bits per heavy atom. The van der Waals surface area contributed by atoms with Crippen LogP contribution < -0.4 is 0 Å². The number of benzene rings is 2. The normalized spacial score (nSPS) is 11.6. The average Bonchev–Trinajstić information content (AvgIpc) is 3.29. The maximum atomic E-state index is 11.1. The molecule has 1 N–H and O–H groups in total. The van der Waals surface area contributed by atoms with Gasteiger partial charge in [-0.1, -0.05) is 23.7 Å². The molecule has 8 heteroatoms. The first-order valence-electron chi connectivity index (χ1n) is 9.05. The third kappa shape index (κ3) is 3.81. The maximum absolute atomic E-state index is 11.1. The fourth-order valence-electron chi connectivity index (χ4n) is 3.21. The molecular formula is C22H16ClN5O2. The van der Waals surface area contributed by atoms with E-state index in [4.69, 9.17) is 16.7 Å². The molecule has 2 aromatic heterocycles. The minimum Gasteiger partial charge on any atom is -0.478 e. The molecule has 0 aliphatic heterocycles. The van der Waals surface area contributed by atoms with E-state index < -0.39 is 5.97 Å². The van der Waals surface area contributed by atoms with Gasteiger partial charge in [0, 0.05) is 23.7 Å². The molecule has 148 valence electrons. The topological polar surface area (TPSA) is 96.7 Å². The first kappa shape index (κ1) is 19.4. The third-order valence-electron chi connectivity index (χ3n) is 4.67. The van der Waals surface area contributed by atoms with Crippen molar-refractivity contribution >= 4 is 40.1 Å². The zero-order valence-corrected chi connectivity index (χ0v) is 16.7. The molecule has 0 aliphatic rings. The number of carboxylic acids is 1. The van der Waals surface area contributed by atoms with Crippen molar-refractivity contribution in [3.63, 3.8) is 0 Å². The third-order valence-corrected chi connectivity index (χ3v) is 4.90. The summed E-state index contributed by atoms with van der Waals surface area (Å²) in [6.45, 7) is 0.459. The van der Waals surface area contributed by atoms with E-state index in [9.17, 15) is 10.1 Å². The van der Waals surface area contributed by atoms with Crippen molar-refractivity contribution in [3.8, 4) is 6.07 Å². The number of aryl methyl sites for hydroxylation is 1. The fraction of sp³-hybridized carbons (Fsp3) is 0.0909. The van der Waals surface area contributed by atoms with Crippen LogP contribution in [0.1, 0.15) is 27.3 Å². The van der Waals surface area contributed by atoms with E-state index in [1.807, 2.05) is 31.4 Å². The monoisotopic (exact) mass is 417 g/mol. The Morgan fingerprint density at radius 3 is 2.53 bits per heavy atom. The standard InChI is InChI=1S/C22H16ClN5O2/c1-27-9-8-18(25-27)13-28-21-11-17(23)6-7-19(21)20(26-28)10-16(12-24)14-2-4-15(5-3-14)22(29)30/h2-11H,13H2,1H3,(H,29,30). The van der Waals surface area contributed by atoms with Gasteiger partial charge in [0.25, 0.3) is 0 Å². The van der Waals surface area contributed by atoms with Crippen LogP contribution in [0.25, 0.3) is 22.6 Å². The summed E-state index contributed by atoms with van der Waals surface area (Å²) in [6, 6.07) is 15.7. The molecule has 2 heterocycles. The second kappa shape index (κ2) is 7.85. The van der Waals surface area contributed by atoms with Crippen LogP contribution >= 0.6 is 11.6 Å². The predicted octanol–water partition coefficient (Wildman–Crippen LogP) is 4.23. The summed E-state index contributed by atoms with van der Waals surface area (Å²) in [5.41, 5.74) is 3.46. The molecule has 0 spiro atoms. The van der Waals surface area contributed by atoms with Crippen LogP contribution in [0.15, 0.2) is 54.7 Å². The number of halogens is 1. The fourth-order valence-corrected chi connectivity index (χ4v) is 3.38. The number of nitriles is 1. The molecule has 30 heavy (non-hydrogen) atoms. The van der Waals surface area contributed by atoms with Crippen molar-refractivity contribution in [2.24, 2.45) is 7.05 Å². The molecule has 0 saturated carbocycles.